The summed E-state index contributed by atoms with van der Waals surface area (Å²) in [4.78, 5) is 0. The van der Waals surface area contributed by atoms with E-state index in [0.29, 0.717) is 12.0 Å². The highest BCUT2D eigenvalue weighted by atomic mass is 19.4. The van der Waals surface area contributed by atoms with E-state index in [0.717, 1.165) is 18.0 Å². The monoisotopic (exact) mass is 301 g/mol. The summed E-state index contributed by atoms with van der Waals surface area (Å²) in [5, 5.41) is 3.47. The van der Waals surface area contributed by atoms with E-state index in [1.54, 1.807) is 24.3 Å². The van der Waals surface area contributed by atoms with Gasteiger partial charge in [0.1, 0.15) is 5.75 Å². The maximum absolute atomic E-state index is 12.1. The van der Waals surface area contributed by atoms with Crippen LogP contribution in [-0.2, 0) is 0 Å². The van der Waals surface area contributed by atoms with Gasteiger partial charge in [-0.1, -0.05) is 13.8 Å². The van der Waals surface area contributed by atoms with Crippen LogP contribution in [0.2, 0.25) is 0 Å². The first-order chi connectivity index (χ1) is 9.83. The minimum atomic E-state index is -4.30. The quantitative estimate of drug-likeness (QED) is 0.857. The SMILES string of the molecule is CC1CCC(Nc2ccc(OCC(F)(F)F)cc2)C(C)C1. The van der Waals surface area contributed by atoms with Crippen LogP contribution in [0, 0.1) is 11.8 Å². The summed E-state index contributed by atoms with van der Waals surface area (Å²) in [5.41, 5.74) is 0.931. The first-order valence-electron chi connectivity index (χ1n) is 7.39. The summed E-state index contributed by atoms with van der Waals surface area (Å²) < 4.78 is 40.9. The molecule has 2 nitrogen and oxygen atoms in total. The van der Waals surface area contributed by atoms with Crippen molar-refractivity contribution in [3.8, 4) is 5.75 Å². The van der Waals surface area contributed by atoms with Crippen LogP contribution in [-0.4, -0.2) is 18.8 Å². The Morgan fingerprint density at radius 2 is 1.81 bits per heavy atom. The standard InChI is InChI=1S/C16H22F3NO/c1-11-3-8-15(12(2)9-11)20-13-4-6-14(7-5-13)21-10-16(17,18)19/h4-7,11-12,15,20H,3,8-10H2,1-2H3. The molecule has 1 aliphatic carbocycles. The van der Waals surface area contributed by atoms with Gasteiger partial charge in [-0.2, -0.15) is 13.2 Å². The number of alkyl halides is 3. The highest BCUT2D eigenvalue weighted by Crippen LogP contribution is 2.31. The van der Waals surface area contributed by atoms with Crippen LogP contribution in [0.25, 0.3) is 0 Å². The largest absolute Gasteiger partial charge is 0.484 e. The summed E-state index contributed by atoms with van der Waals surface area (Å²) in [6.45, 7) is 3.27. The third-order valence-electron chi connectivity index (χ3n) is 4.04. The molecule has 2 rings (SSSR count). The van der Waals surface area contributed by atoms with E-state index >= 15 is 0 Å². The maximum Gasteiger partial charge on any atom is 0.422 e. The molecule has 1 saturated carbocycles. The lowest BCUT2D eigenvalue weighted by molar-refractivity contribution is -0.153. The molecule has 0 saturated heterocycles. The number of halogens is 3. The first kappa shape index (κ1) is 16.0. The molecule has 3 unspecified atom stereocenters. The molecule has 1 N–H and O–H groups in total. The van der Waals surface area contributed by atoms with Crippen molar-refractivity contribution in [2.45, 2.75) is 45.3 Å². The number of hydrogen-bond acceptors (Lipinski definition) is 2. The fraction of sp³-hybridized carbons (Fsp3) is 0.625. The molecule has 0 amide bonds. The zero-order chi connectivity index (χ0) is 15.5. The van der Waals surface area contributed by atoms with Gasteiger partial charge >= 0.3 is 6.18 Å². The van der Waals surface area contributed by atoms with E-state index in [1.807, 2.05) is 0 Å². The summed E-state index contributed by atoms with van der Waals surface area (Å²) in [6.07, 6.45) is -0.737. The molecule has 0 spiro atoms. The Bertz CT molecular complexity index is 444. The number of benzene rings is 1. The van der Waals surface area contributed by atoms with Crippen molar-refractivity contribution in [1.82, 2.24) is 0 Å². The van der Waals surface area contributed by atoms with Gasteiger partial charge in [0, 0.05) is 11.7 Å². The molecule has 1 aliphatic rings. The average molecular weight is 301 g/mol. The number of rotatable bonds is 4. The van der Waals surface area contributed by atoms with E-state index in [4.69, 9.17) is 4.74 Å². The van der Waals surface area contributed by atoms with E-state index in [2.05, 4.69) is 19.2 Å². The molecule has 0 aromatic heterocycles. The van der Waals surface area contributed by atoms with E-state index in [1.165, 1.54) is 12.8 Å². The lowest BCUT2D eigenvalue weighted by Crippen LogP contribution is -2.32. The van der Waals surface area contributed by atoms with Crippen LogP contribution < -0.4 is 10.1 Å². The molecule has 5 heteroatoms. The van der Waals surface area contributed by atoms with Crippen molar-refractivity contribution in [2.75, 3.05) is 11.9 Å². The zero-order valence-electron chi connectivity index (χ0n) is 12.4. The maximum atomic E-state index is 12.1. The fourth-order valence-corrected chi connectivity index (χ4v) is 2.91. The van der Waals surface area contributed by atoms with Crippen LogP contribution >= 0.6 is 0 Å². The summed E-state index contributed by atoms with van der Waals surface area (Å²) in [6, 6.07) is 7.13. The van der Waals surface area contributed by atoms with Crippen molar-refractivity contribution < 1.29 is 17.9 Å². The molecule has 21 heavy (non-hydrogen) atoms. The molecule has 1 fully saturated rings. The van der Waals surface area contributed by atoms with Crippen LogP contribution in [0.5, 0.6) is 5.75 Å². The second-order valence-corrected chi connectivity index (χ2v) is 6.07. The van der Waals surface area contributed by atoms with Gasteiger partial charge in [0.15, 0.2) is 6.61 Å². The van der Waals surface area contributed by atoms with E-state index in [-0.39, 0.29) is 5.75 Å². The number of hydrogen-bond donors (Lipinski definition) is 1. The highest BCUT2D eigenvalue weighted by Gasteiger charge is 2.28. The second kappa shape index (κ2) is 6.58. The molecule has 0 aliphatic heterocycles. The summed E-state index contributed by atoms with van der Waals surface area (Å²) in [7, 11) is 0. The van der Waals surface area contributed by atoms with Crippen molar-refractivity contribution in [3.05, 3.63) is 24.3 Å². The molecule has 3 atom stereocenters. The molecular formula is C16H22F3NO. The van der Waals surface area contributed by atoms with Crippen LogP contribution in [0.15, 0.2) is 24.3 Å². The van der Waals surface area contributed by atoms with E-state index in [9.17, 15) is 13.2 Å². The van der Waals surface area contributed by atoms with Crippen LogP contribution in [0.4, 0.5) is 18.9 Å². The zero-order valence-corrected chi connectivity index (χ0v) is 12.4. The van der Waals surface area contributed by atoms with Gasteiger partial charge in [0.25, 0.3) is 0 Å². The predicted octanol–water partition coefficient (Wildman–Crippen LogP) is 4.86. The summed E-state index contributed by atoms with van der Waals surface area (Å²) in [5.74, 6) is 1.62. The Labute approximate surface area is 123 Å². The lowest BCUT2D eigenvalue weighted by atomic mass is 9.80. The number of anilines is 1. The van der Waals surface area contributed by atoms with Gasteiger partial charge in [0.2, 0.25) is 0 Å². The number of ether oxygens (including phenoxy) is 1. The lowest BCUT2D eigenvalue weighted by Gasteiger charge is -2.33. The van der Waals surface area contributed by atoms with Gasteiger partial charge in [0.05, 0.1) is 0 Å². The Morgan fingerprint density at radius 1 is 1.14 bits per heavy atom. The minimum Gasteiger partial charge on any atom is -0.484 e. The molecule has 0 radical (unpaired) electrons. The van der Waals surface area contributed by atoms with Crippen LogP contribution in [0.1, 0.15) is 33.1 Å². The van der Waals surface area contributed by atoms with Crippen molar-refractivity contribution in [3.63, 3.8) is 0 Å². The molecule has 0 heterocycles. The first-order valence-corrected chi connectivity index (χ1v) is 7.39. The molecule has 1 aromatic rings. The highest BCUT2D eigenvalue weighted by molar-refractivity contribution is 5.47. The predicted molar refractivity (Wildman–Crippen MR) is 77.6 cm³/mol. The van der Waals surface area contributed by atoms with Crippen LogP contribution in [0.3, 0.4) is 0 Å². The molecule has 0 bridgehead atoms. The van der Waals surface area contributed by atoms with Gasteiger partial charge in [-0.05, 0) is 55.4 Å². The summed E-state index contributed by atoms with van der Waals surface area (Å²) >= 11 is 0. The van der Waals surface area contributed by atoms with Gasteiger partial charge in [-0.15, -0.1) is 0 Å². The third-order valence-corrected chi connectivity index (χ3v) is 4.04. The Hall–Kier alpha value is -1.39. The minimum absolute atomic E-state index is 0.239. The van der Waals surface area contributed by atoms with Crippen molar-refractivity contribution in [1.29, 1.82) is 0 Å². The Kier molecular flexibility index (Phi) is 5.01. The normalized spacial score (nSPS) is 26.4. The van der Waals surface area contributed by atoms with Gasteiger partial charge in [-0.3, -0.25) is 0 Å². The second-order valence-electron chi connectivity index (χ2n) is 6.07. The molecule has 1 aromatic carbocycles. The third kappa shape index (κ3) is 5.14. The molecule has 118 valence electrons. The van der Waals surface area contributed by atoms with Crippen molar-refractivity contribution >= 4 is 5.69 Å². The van der Waals surface area contributed by atoms with Gasteiger partial charge < -0.3 is 10.1 Å². The van der Waals surface area contributed by atoms with Crippen molar-refractivity contribution in [2.24, 2.45) is 11.8 Å². The smallest absolute Gasteiger partial charge is 0.422 e. The van der Waals surface area contributed by atoms with E-state index < -0.39 is 12.8 Å². The Morgan fingerprint density at radius 3 is 2.38 bits per heavy atom. The fourth-order valence-electron chi connectivity index (χ4n) is 2.91. The average Bonchev–Trinajstić information content (AvgIpc) is 2.40. The molecular weight excluding hydrogens is 279 g/mol. The number of nitrogens with one attached hydrogen (secondary N) is 1. The Balaban J connectivity index is 1.87. The topological polar surface area (TPSA) is 21.3 Å². The van der Waals surface area contributed by atoms with Gasteiger partial charge in [-0.25, -0.2) is 0 Å².